The van der Waals surface area contributed by atoms with E-state index in [9.17, 15) is 8.42 Å². The Labute approximate surface area is 127 Å². The normalized spacial score (nSPS) is 22.0. The Morgan fingerprint density at radius 1 is 1.38 bits per heavy atom. The van der Waals surface area contributed by atoms with Crippen LogP contribution in [0.25, 0.3) is 0 Å². The second-order valence-electron chi connectivity index (χ2n) is 5.67. The first-order chi connectivity index (χ1) is 9.87. The van der Waals surface area contributed by atoms with Gasteiger partial charge in [-0.05, 0) is 50.5 Å². The summed E-state index contributed by atoms with van der Waals surface area (Å²) in [5.74, 6) is 0.661. The van der Waals surface area contributed by atoms with Crippen LogP contribution in [0.5, 0.6) is 5.75 Å². The van der Waals surface area contributed by atoms with Crippen LogP contribution in [0.2, 0.25) is 0 Å². The summed E-state index contributed by atoms with van der Waals surface area (Å²) in [6.07, 6.45) is 2.74. The van der Waals surface area contributed by atoms with Gasteiger partial charge in [0.2, 0.25) is 10.0 Å². The summed E-state index contributed by atoms with van der Waals surface area (Å²) >= 11 is 0. The lowest BCUT2D eigenvalue weighted by molar-refractivity contribution is 0.227. The van der Waals surface area contributed by atoms with Gasteiger partial charge in [-0.3, -0.25) is 0 Å². The van der Waals surface area contributed by atoms with E-state index < -0.39 is 10.0 Å². The zero-order valence-electron chi connectivity index (χ0n) is 12.9. The fourth-order valence-corrected chi connectivity index (χ4v) is 4.90. The molecule has 0 radical (unpaired) electrons. The van der Waals surface area contributed by atoms with Crippen LogP contribution in [-0.2, 0) is 10.0 Å². The largest absolute Gasteiger partial charge is 0.497 e. The molecule has 0 aromatic heterocycles. The lowest BCUT2D eigenvalue weighted by Gasteiger charge is -2.37. The zero-order valence-corrected chi connectivity index (χ0v) is 13.7. The highest BCUT2D eigenvalue weighted by Gasteiger charge is 2.35. The molecule has 0 spiro atoms. The van der Waals surface area contributed by atoms with Gasteiger partial charge >= 0.3 is 0 Å². The fourth-order valence-electron chi connectivity index (χ4n) is 2.92. The van der Waals surface area contributed by atoms with Gasteiger partial charge in [-0.25, -0.2) is 8.42 Å². The topological polar surface area (TPSA) is 72.6 Å². The Morgan fingerprint density at radius 2 is 2.10 bits per heavy atom. The monoisotopic (exact) mass is 312 g/mol. The average molecular weight is 312 g/mol. The molecule has 1 aliphatic heterocycles. The summed E-state index contributed by atoms with van der Waals surface area (Å²) in [6.45, 7) is 4.21. The van der Waals surface area contributed by atoms with Crippen molar-refractivity contribution < 1.29 is 13.2 Å². The molecule has 0 amide bonds. The first-order valence-electron chi connectivity index (χ1n) is 7.30. The molecule has 1 heterocycles. The maximum absolute atomic E-state index is 13.0. The Morgan fingerprint density at radius 3 is 2.67 bits per heavy atom. The molecule has 1 aromatic rings. The number of nitrogens with two attached hydrogens (primary N) is 1. The van der Waals surface area contributed by atoms with Crippen molar-refractivity contribution >= 4 is 10.0 Å². The van der Waals surface area contributed by atoms with Gasteiger partial charge in [-0.1, -0.05) is 6.42 Å². The smallest absolute Gasteiger partial charge is 0.243 e. The fraction of sp³-hybridized carbons (Fsp3) is 0.600. The highest BCUT2D eigenvalue weighted by molar-refractivity contribution is 7.89. The number of sulfonamides is 1. The maximum Gasteiger partial charge on any atom is 0.243 e. The molecule has 2 rings (SSSR count). The number of methoxy groups -OCH3 is 1. The molecule has 0 aliphatic carbocycles. The van der Waals surface area contributed by atoms with E-state index in [1.165, 1.54) is 0 Å². The van der Waals surface area contributed by atoms with Crippen LogP contribution >= 0.6 is 0 Å². The van der Waals surface area contributed by atoms with E-state index in [1.54, 1.807) is 36.5 Å². The van der Waals surface area contributed by atoms with Crippen LogP contribution in [0.15, 0.2) is 23.1 Å². The Balaban J connectivity index is 2.40. The van der Waals surface area contributed by atoms with Crippen LogP contribution in [0.4, 0.5) is 0 Å². The van der Waals surface area contributed by atoms with Crippen LogP contribution in [0.3, 0.4) is 0 Å². The van der Waals surface area contributed by atoms with E-state index in [0.717, 1.165) is 19.3 Å². The van der Waals surface area contributed by atoms with Crippen molar-refractivity contribution in [1.29, 1.82) is 0 Å². The summed E-state index contributed by atoms with van der Waals surface area (Å²) in [6, 6.07) is 4.77. The van der Waals surface area contributed by atoms with Crippen molar-refractivity contribution in [2.24, 2.45) is 5.73 Å². The highest BCUT2D eigenvalue weighted by Crippen LogP contribution is 2.29. The third-order valence-electron chi connectivity index (χ3n) is 4.07. The number of benzene rings is 1. The van der Waals surface area contributed by atoms with Crippen molar-refractivity contribution in [3.63, 3.8) is 0 Å². The molecule has 2 atom stereocenters. The van der Waals surface area contributed by atoms with Crippen molar-refractivity contribution in [1.82, 2.24) is 4.31 Å². The lowest BCUT2D eigenvalue weighted by atomic mass is 10.00. The summed E-state index contributed by atoms with van der Waals surface area (Å²) in [7, 11) is -1.94. The standard InChI is InChI=1S/C15H24N2O3S/c1-11-10-13(20-3)7-8-15(11)21(18,19)17-9-5-4-6-14(17)12(2)16/h7-8,10,12,14H,4-6,9,16H2,1-3H3/t12-,14-/m0/s1. The van der Waals surface area contributed by atoms with Gasteiger partial charge in [-0.2, -0.15) is 4.31 Å². The molecular formula is C15H24N2O3S. The summed E-state index contributed by atoms with van der Waals surface area (Å²) < 4.78 is 32.6. The molecule has 0 saturated carbocycles. The van der Waals surface area contributed by atoms with Gasteiger partial charge in [0.25, 0.3) is 0 Å². The van der Waals surface area contributed by atoms with Gasteiger partial charge in [0.1, 0.15) is 5.75 Å². The van der Waals surface area contributed by atoms with E-state index in [4.69, 9.17) is 10.5 Å². The second kappa shape index (κ2) is 6.34. The number of ether oxygens (including phenoxy) is 1. The van der Waals surface area contributed by atoms with E-state index >= 15 is 0 Å². The molecule has 1 aliphatic rings. The number of hydrogen-bond donors (Lipinski definition) is 1. The zero-order chi connectivity index (χ0) is 15.6. The van der Waals surface area contributed by atoms with Crippen molar-refractivity contribution in [3.05, 3.63) is 23.8 Å². The Hall–Kier alpha value is -1.11. The molecule has 0 bridgehead atoms. The predicted molar refractivity (Wildman–Crippen MR) is 82.9 cm³/mol. The van der Waals surface area contributed by atoms with Crippen molar-refractivity contribution in [2.45, 2.75) is 50.1 Å². The van der Waals surface area contributed by atoms with E-state index in [1.807, 2.05) is 6.92 Å². The quantitative estimate of drug-likeness (QED) is 0.921. The average Bonchev–Trinajstić information content (AvgIpc) is 2.46. The lowest BCUT2D eigenvalue weighted by Crippen LogP contribution is -2.51. The first kappa shape index (κ1) is 16.3. The van der Waals surface area contributed by atoms with Gasteiger partial charge < -0.3 is 10.5 Å². The van der Waals surface area contributed by atoms with Crippen LogP contribution in [0.1, 0.15) is 31.7 Å². The number of rotatable bonds is 4. The van der Waals surface area contributed by atoms with E-state index in [0.29, 0.717) is 22.8 Å². The molecule has 118 valence electrons. The van der Waals surface area contributed by atoms with Crippen molar-refractivity contribution in [2.75, 3.05) is 13.7 Å². The maximum atomic E-state index is 13.0. The molecule has 1 saturated heterocycles. The second-order valence-corrected chi connectivity index (χ2v) is 7.53. The molecule has 21 heavy (non-hydrogen) atoms. The Bertz CT molecular complexity index is 599. The summed E-state index contributed by atoms with van der Waals surface area (Å²) in [4.78, 5) is 0.343. The molecule has 1 fully saturated rings. The number of piperidine rings is 1. The third-order valence-corrected chi connectivity index (χ3v) is 6.16. The number of nitrogens with zero attached hydrogens (tertiary/aromatic N) is 1. The van der Waals surface area contributed by atoms with Gasteiger partial charge in [0.15, 0.2) is 0 Å². The highest BCUT2D eigenvalue weighted by atomic mass is 32.2. The molecule has 5 nitrogen and oxygen atoms in total. The van der Waals surface area contributed by atoms with Crippen LogP contribution in [-0.4, -0.2) is 38.5 Å². The van der Waals surface area contributed by atoms with Crippen LogP contribution in [0, 0.1) is 6.92 Å². The SMILES string of the molecule is COc1ccc(S(=O)(=O)N2CCCC[C@H]2[C@H](C)N)c(C)c1. The first-order valence-corrected chi connectivity index (χ1v) is 8.74. The molecule has 1 aromatic carbocycles. The van der Waals surface area contributed by atoms with Gasteiger partial charge in [-0.15, -0.1) is 0 Å². The van der Waals surface area contributed by atoms with E-state index in [-0.39, 0.29) is 12.1 Å². The minimum absolute atomic E-state index is 0.120. The molecule has 2 N–H and O–H groups in total. The third kappa shape index (κ3) is 3.22. The molecular weight excluding hydrogens is 288 g/mol. The van der Waals surface area contributed by atoms with Gasteiger partial charge in [0, 0.05) is 18.6 Å². The molecule has 6 heteroatoms. The van der Waals surface area contributed by atoms with Crippen LogP contribution < -0.4 is 10.5 Å². The minimum Gasteiger partial charge on any atom is -0.497 e. The number of aryl methyl sites for hydroxylation is 1. The Kier molecular flexibility index (Phi) is 4.91. The molecule has 0 unspecified atom stereocenters. The summed E-state index contributed by atoms with van der Waals surface area (Å²) in [5, 5.41) is 0. The van der Waals surface area contributed by atoms with E-state index in [2.05, 4.69) is 0 Å². The van der Waals surface area contributed by atoms with Crippen molar-refractivity contribution in [3.8, 4) is 5.75 Å². The predicted octanol–water partition coefficient (Wildman–Crippen LogP) is 1.89. The summed E-state index contributed by atoms with van der Waals surface area (Å²) in [5.41, 5.74) is 6.69. The van der Waals surface area contributed by atoms with Gasteiger partial charge in [0.05, 0.1) is 12.0 Å². The number of hydrogen-bond acceptors (Lipinski definition) is 4. The minimum atomic E-state index is -3.51.